The van der Waals surface area contributed by atoms with E-state index in [2.05, 4.69) is 31.5 Å². The number of methoxy groups -OCH3 is 1. The lowest BCUT2D eigenvalue weighted by molar-refractivity contribution is 0.0974. The average molecular weight is 414 g/mol. The highest BCUT2D eigenvalue weighted by atomic mass is 19.1. The maximum atomic E-state index is 13.2. The van der Waals surface area contributed by atoms with Gasteiger partial charge in [0.05, 0.1) is 7.11 Å². The number of hydrogen-bond donors (Lipinski definition) is 4. The lowest BCUT2D eigenvalue weighted by Crippen LogP contribution is -2.50. The molecule has 1 aromatic carbocycles. The number of aliphatic imine (C=N–C) groups is 1. The van der Waals surface area contributed by atoms with Gasteiger partial charge in [-0.25, -0.2) is 25.2 Å². The summed E-state index contributed by atoms with van der Waals surface area (Å²) in [6.07, 6.45) is 1.87. The number of amides is 1. The van der Waals surface area contributed by atoms with Crippen molar-refractivity contribution in [1.82, 2.24) is 26.5 Å². The second kappa shape index (κ2) is 9.19. The topological polar surface area (TPSA) is 99.7 Å². The fraction of sp³-hybridized carbons (Fsp3) is 0.381. The first-order valence-electron chi connectivity index (χ1n) is 9.67. The predicted molar refractivity (Wildman–Crippen MR) is 112 cm³/mol. The molecule has 0 spiro atoms. The van der Waals surface area contributed by atoms with Crippen LogP contribution in [0.4, 0.5) is 4.39 Å². The summed E-state index contributed by atoms with van der Waals surface area (Å²) in [4.78, 5) is 21.4. The van der Waals surface area contributed by atoms with Crippen molar-refractivity contribution in [2.75, 3.05) is 7.11 Å². The van der Waals surface area contributed by atoms with Crippen LogP contribution in [0.15, 0.2) is 47.6 Å². The summed E-state index contributed by atoms with van der Waals surface area (Å²) in [5.41, 5.74) is 7.33. The molecule has 8 nitrogen and oxygen atoms in total. The Balaban J connectivity index is 1.73. The van der Waals surface area contributed by atoms with Crippen molar-refractivity contribution in [3.05, 3.63) is 59.5 Å². The van der Waals surface area contributed by atoms with Crippen molar-refractivity contribution in [2.45, 2.75) is 44.9 Å². The first-order chi connectivity index (χ1) is 14.2. The van der Waals surface area contributed by atoms with Gasteiger partial charge in [0.25, 0.3) is 5.91 Å². The molecule has 9 heteroatoms. The molecule has 1 saturated heterocycles. The molecule has 2 heterocycles. The van der Waals surface area contributed by atoms with Crippen LogP contribution in [-0.2, 0) is 0 Å². The van der Waals surface area contributed by atoms with Crippen LogP contribution in [0.5, 0.6) is 5.88 Å². The zero-order chi connectivity index (χ0) is 21.7. The number of ether oxygens (including phenoxy) is 1. The molecule has 3 rings (SSSR count). The zero-order valence-corrected chi connectivity index (χ0v) is 17.5. The van der Waals surface area contributed by atoms with Crippen LogP contribution in [0.2, 0.25) is 0 Å². The van der Waals surface area contributed by atoms with Gasteiger partial charge in [-0.05, 0) is 44.5 Å². The molecule has 1 aliphatic rings. The largest absolute Gasteiger partial charge is 0.481 e. The Bertz CT molecular complexity index is 910. The number of nitrogens with zero attached hydrogens (tertiary/aromatic N) is 2. The second-order valence-electron chi connectivity index (χ2n) is 8.04. The lowest BCUT2D eigenvalue weighted by atomic mass is 10.0. The normalized spacial score (nSPS) is 19.4. The lowest BCUT2D eigenvalue weighted by Gasteiger charge is -2.24. The van der Waals surface area contributed by atoms with E-state index in [4.69, 9.17) is 4.74 Å². The number of hydrogen-bond acceptors (Lipinski definition) is 6. The quantitative estimate of drug-likeness (QED) is 0.453. The highest BCUT2D eigenvalue weighted by molar-refractivity contribution is 6.06. The number of carbonyl (C=O) groups is 1. The van der Waals surface area contributed by atoms with E-state index in [0.29, 0.717) is 23.8 Å². The van der Waals surface area contributed by atoms with Crippen molar-refractivity contribution in [1.29, 1.82) is 0 Å². The van der Waals surface area contributed by atoms with Crippen LogP contribution in [0.1, 0.15) is 49.2 Å². The van der Waals surface area contributed by atoms with E-state index in [1.54, 1.807) is 24.3 Å². The minimum atomic E-state index is -0.327. The Kier molecular flexibility index (Phi) is 6.63. The summed E-state index contributed by atoms with van der Waals surface area (Å²) in [6, 6.07) is 9.50. The van der Waals surface area contributed by atoms with Crippen LogP contribution in [0.3, 0.4) is 0 Å². The van der Waals surface area contributed by atoms with Gasteiger partial charge < -0.3 is 10.1 Å². The summed E-state index contributed by atoms with van der Waals surface area (Å²) < 4.78 is 18.3. The molecule has 2 aromatic rings. The maximum Gasteiger partial charge on any atom is 0.258 e. The van der Waals surface area contributed by atoms with Crippen molar-refractivity contribution in [3.8, 4) is 5.88 Å². The number of pyridine rings is 1. The molecule has 0 radical (unpaired) electrons. The molecule has 0 aliphatic carbocycles. The van der Waals surface area contributed by atoms with Crippen molar-refractivity contribution < 1.29 is 13.9 Å². The monoisotopic (exact) mass is 414 g/mol. The van der Waals surface area contributed by atoms with Gasteiger partial charge in [0, 0.05) is 35.8 Å². The van der Waals surface area contributed by atoms with E-state index in [1.165, 1.54) is 25.4 Å². The molecule has 2 atom stereocenters. The Morgan fingerprint density at radius 3 is 2.63 bits per heavy atom. The molecule has 4 N–H and O–H groups in total. The fourth-order valence-corrected chi connectivity index (χ4v) is 2.99. The molecule has 1 aromatic heterocycles. The molecule has 1 amide bonds. The van der Waals surface area contributed by atoms with Crippen LogP contribution in [-0.4, -0.2) is 35.7 Å². The number of aromatic nitrogens is 1. The van der Waals surface area contributed by atoms with Crippen LogP contribution in [0.25, 0.3) is 0 Å². The smallest absolute Gasteiger partial charge is 0.258 e. The fourth-order valence-electron chi connectivity index (χ4n) is 2.99. The van der Waals surface area contributed by atoms with E-state index < -0.39 is 0 Å². The molecular weight excluding hydrogens is 387 g/mol. The maximum absolute atomic E-state index is 13.2. The summed E-state index contributed by atoms with van der Waals surface area (Å²) in [5, 5.41) is 6.06. The molecule has 1 aliphatic heterocycles. The molecule has 0 saturated carbocycles. The third-order valence-corrected chi connectivity index (χ3v) is 4.37. The molecule has 1 fully saturated rings. The summed E-state index contributed by atoms with van der Waals surface area (Å²) in [6.45, 7) is 5.93. The molecule has 160 valence electrons. The standard InChI is InChI=1S/C21H27FN6O2/c1-21(2,3)26-20(25-19(29)14-9-10-23-18(11-14)30-4)24-17-12-16(27-28-17)13-5-7-15(22)8-6-13/h5-11,16-17,27-28H,12H2,1-4H3,(H2,24,25,26,29). The molecule has 0 bridgehead atoms. The third-order valence-electron chi connectivity index (χ3n) is 4.37. The van der Waals surface area contributed by atoms with E-state index in [9.17, 15) is 9.18 Å². The summed E-state index contributed by atoms with van der Waals surface area (Å²) in [7, 11) is 1.49. The second-order valence-corrected chi connectivity index (χ2v) is 8.04. The molecular formula is C21H27FN6O2. The zero-order valence-electron chi connectivity index (χ0n) is 17.5. The Morgan fingerprint density at radius 1 is 1.23 bits per heavy atom. The average Bonchev–Trinajstić information content (AvgIpc) is 3.15. The number of benzene rings is 1. The van der Waals surface area contributed by atoms with E-state index >= 15 is 0 Å². The van der Waals surface area contributed by atoms with Crippen molar-refractivity contribution in [3.63, 3.8) is 0 Å². The molecule has 2 unspecified atom stereocenters. The third kappa shape index (κ3) is 5.98. The van der Waals surface area contributed by atoms with E-state index in [1.807, 2.05) is 20.8 Å². The number of halogens is 1. The highest BCUT2D eigenvalue weighted by Crippen LogP contribution is 2.23. The van der Waals surface area contributed by atoms with E-state index in [0.717, 1.165) is 5.56 Å². The Hall–Kier alpha value is -3.04. The van der Waals surface area contributed by atoms with Gasteiger partial charge >= 0.3 is 0 Å². The van der Waals surface area contributed by atoms with Gasteiger partial charge in [-0.3, -0.25) is 10.1 Å². The van der Waals surface area contributed by atoms with E-state index in [-0.39, 0.29) is 29.5 Å². The van der Waals surface area contributed by atoms with Gasteiger partial charge in [-0.2, -0.15) is 0 Å². The first-order valence-corrected chi connectivity index (χ1v) is 9.67. The molecule has 30 heavy (non-hydrogen) atoms. The van der Waals surface area contributed by atoms with Gasteiger partial charge in [0.15, 0.2) is 5.96 Å². The number of carbonyl (C=O) groups excluding carboxylic acids is 1. The van der Waals surface area contributed by atoms with Gasteiger partial charge in [0.1, 0.15) is 12.0 Å². The number of nitrogens with one attached hydrogen (secondary N) is 4. The Morgan fingerprint density at radius 2 is 1.97 bits per heavy atom. The van der Waals surface area contributed by atoms with Gasteiger partial charge in [0.2, 0.25) is 5.88 Å². The van der Waals surface area contributed by atoms with Gasteiger partial charge in [-0.15, -0.1) is 0 Å². The number of rotatable bonds is 4. The van der Waals surface area contributed by atoms with Crippen molar-refractivity contribution in [2.24, 2.45) is 4.99 Å². The number of guanidine groups is 1. The minimum absolute atomic E-state index is 0.0182. The van der Waals surface area contributed by atoms with Crippen LogP contribution < -0.4 is 26.2 Å². The highest BCUT2D eigenvalue weighted by Gasteiger charge is 2.26. The minimum Gasteiger partial charge on any atom is -0.481 e. The van der Waals surface area contributed by atoms with Crippen molar-refractivity contribution >= 4 is 11.9 Å². The summed E-state index contributed by atoms with van der Waals surface area (Å²) >= 11 is 0. The Labute approximate surface area is 175 Å². The first kappa shape index (κ1) is 21.7. The van der Waals surface area contributed by atoms with Crippen LogP contribution >= 0.6 is 0 Å². The SMILES string of the molecule is COc1cc(C(=O)NC(=NC2CC(c3ccc(F)cc3)NN2)NC(C)(C)C)ccn1. The van der Waals surface area contributed by atoms with Crippen LogP contribution in [0, 0.1) is 5.82 Å². The van der Waals surface area contributed by atoms with Gasteiger partial charge in [-0.1, -0.05) is 12.1 Å². The predicted octanol–water partition coefficient (Wildman–Crippen LogP) is 2.27. The number of hydrazine groups is 1. The summed E-state index contributed by atoms with van der Waals surface area (Å²) in [5.74, 6) is 0.106.